The Hall–Kier alpha value is -4.08. The highest BCUT2D eigenvalue weighted by atomic mass is 16.6. The van der Waals surface area contributed by atoms with Crippen LogP contribution in [0.15, 0.2) is 56.6 Å². The van der Waals surface area contributed by atoms with Crippen molar-refractivity contribution in [1.29, 1.82) is 0 Å². The number of aromatic nitrogens is 2. The van der Waals surface area contributed by atoms with Crippen molar-refractivity contribution in [2.45, 2.75) is 6.54 Å². The number of rotatable bonds is 6. The summed E-state index contributed by atoms with van der Waals surface area (Å²) in [6.45, 7) is 0.264. The molecule has 4 rings (SSSR count). The average Bonchev–Trinajstić information content (AvgIpc) is 3.09. The predicted molar refractivity (Wildman–Crippen MR) is 96.9 cm³/mol. The van der Waals surface area contributed by atoms with Gasteiger partial charge in [-0.1, -0.05) is 6.07 Å². The van der Waals surface area contributed by atoms with Crippen LogP contribution in [0.25, 0.3) is 11.1 Å². The molecule has 0 bridgehead atoms. The third-order valence-electron chi connectivity index (χ3n) is 3.90. The van der Waals surface area contributed by atoms with Gasteiger partial charge in [0.15, 0.2) is 5.58 Å². The number of non-ortho nitro benzene ring substituents is 1. The highest BCUT2D eigenvalue weighted by Gasteiger charge is 2.23. The minimum Gasteiger partial charge on any atom is -0.423 e. The zero-order valence-electron chi connectivity index (χ0n) is 13.6. The fraction of sp³-hybridized carbons (Fsp3) is 0.0588. The van der Waals surface area contributed by atoms with Gasteiger partial charge in [0.2, 0.25) is 0 Å². The van der Waals surface area contributed by atoms with Gasteiger partial charge in [0, 0.05) is 12.3 Å². The van der Waals surface area contributed by atoms with E-state index in [-0.39, 0.29) is 35.2 Å². The number of nitro groups is 1. The van der Waals surface area contributed by atoms with Gasteiger partial charge in [-0.05, 0) is 18.2 Å². The Morgan fingerprint density at radius 1 is 1.11 bits per heavy atom. The van der Waals surface area contributed by atoms with Crippen LogP contribution >= 0.6 is 0 Å². The molecule has 0 fully saturated rings. The summed E-state index contributed by atoms with van der Waals surface area (Å²) in [4.78, 5) is 42.2. The van der Waals surface area contributed by atoms with E-state index in [0.29, 0.717) is 11.2 Å². The predicted octanol–water partition coefficient (Wildman–Crippen LogP) is 2.08. The third-order valence-corrected chi connectivity index (χ3v) is 3.90. The number of nitrogens with one attached hydrogen (secondary N) is 2. The van der Waals surface area contributed by atoms with Gasteiger partial charge in [0.1, 0.15) is 16.9 Å². The molecule has 2 N–H and O–H groups in total. The molecule has 134 valence electrons. The van der Waals surface area contributed by atoms with Crippen LogP contribution in [0.1, 0.15) is 5.69 Å². The number of hydrogen-bond donors (Lipinski definition) is 2. The molecule has 2 heterocycles. The average molecular weight is 365 g/mol. The van der Waals surface area contributed by atoms with Crippen molar-refractivity contribution in [3.05, 3.63) is 78.8 Å². The van der Waals surface area contributed by atoms with Crippen LogP contribution in [0.5, 0.6) is 0 Å². The maximum Gasteiger partial charge on any atom is 0.300 e. The first-order valence-corrected chi connectivity index (χ1v) is 7.82. The highest BCUT2D eigenvalue weighted by Crippen LogP contribution is 2.26. The third kappa shape index (κ3) is 2.99. The molecule has 27 heavy (non-hydrogen) atoms. The molecule has 0 aliphatic rings. The zero-order chi connectivity index (χ0) is 19.0. The molecule has 0 unspecified atom stereocenters. The lowest BCUT2D eigenvalue weighted by atomic mass is 10.2. The van der Waals surface area contributed by atoms with Crippen LogP contribution < -0.4 is 21.5 Å². The number of nitrogens with zero attached hydrogens (tertiary/aromatic N) is 3. The van der Waals surface area contributed by atoms with Crippen molar-refractivity contribution >= 4 is 34.2 Å². The maximum absolute atomic E-state index is 11.9. The Morgan fingerprint density at radius 3 is 2.67 bits per heavy atom. The first kappa shape index (κ1) is 16.4. The van der Waals surface area contributed by atoms with Crippen molar-refractivity contribution in [3.8, 4) is 0 Å². The van der Waals surface area contributed by atoms with Crippen LogP contribution in [-0.4, -0.2) is 14.9 Å². The topological polar surface area (TPSA) is 140 Å². The van der Waals surface area contributed by atoms with Gasteiger partial charge in [-0.25, -0.2) is 0 Å². The maximum atomic E-state index is 11.9. The van der Waals surface area contributed by atoms with Crippen molar-refractivity contribution in [1.82, 2.24) is 9.97 Å². The molecule has 0 atom stereocenters. The molecular weight excluding hydrogens is 354 g/mol. The lowest BCUT2D eigenvalue weighted by Gasteiger charge is -2.12. The Balaban J connectivity index is 1.57. The van der Waals surface area contributed by atoms with Crippen molar-refractivity contribution in [2.24, 2.45) is 0 Å². The fourth-order valence-corrected chi connectivity index (χ4v) is 2.55. The summed E-state index contributed by atoms with van der Waals surface area (Å²) in [6, 6.07) is 9.28. The van der Waals surface area contributed by atoms with E-state index in [9.17, 15) is 19.7 Å². The summed E-state index contributed by atoms with van der Waals surface area (Å²) in [5, 5.41) is 16.4. The number of nitro benzene ring substituents is 1. The standard InChI is InChI=1S/C17H11N5O5/c23-15-13(19-8-9-3-1-2-6-18-9)14(16(15)24)21-17-20-11-5-4-10(22(25)26)7-12(11)27-17/h1-7,19H,8H2,(H,20,21). The molecule has 2 aromatic heterocycles. The number of oxazole rings is 1. The van der Waals surface area contributed by atoms with E-state index in [1.165, 1.54) is 18.2 Å². The lowest BCUT2D eigenvalue weighted by Crippen LogP contribution is -2.36. The largest absolute Gasteiger partial charge is 0.423 e. The summed E-state index contributed by atoms with van der Waals surface area (Å²) in [7, 11) is 0. The normalized spacial score (nSPS) is 11.0. The minimum absolute atomic E-state index is 0.0250. The first-order valence-electron chi connectivity index (χ1n) is 7.82. The number of anilines is 3. The fourth-order valence-electron chi connectivity index (χ4n) is 2.55. The van der Waals surface area contributed by atoms with Gasteiger partial charge in [0.25, 0.3) is 22.6 Å². The van der Waals surface area contributed by atoms with E-state index in [2.05, 4.69) is 20.6 Å². The van der Waals surface area contributed by atoms with Gasteiger partial charge in [0.05, 0.1) is 23.2 Å². The number of fused-ring (bicyclic) bond motifs is 1. The first-order chi connectivity index (χ1) is 13.0. The summed E-state index contributed by atoms with van der Waals surface area (Å²) < 4.78 is 5.40. The SMILES string of the molecule is O=c1c(NCc2ccccn2)c(Nc2nc3ccc([N+](=O)[O-])cc3o2)c1=O. The second kappa shape index (κ2) is 6.33. The molecule has 0 saturated heterocycles. The summed E-state index contributed by atoms with van der Waals surface area (Å²) in [5.41, 5.74) is -0.0938. The summed E-state index contributed by atoms with van der Waals surface area (Å²) in [6.07, 6.45) is 1.62. The molecule has 10 heteroatoms. The molecule has 0 amide bonds. The number of pyridine rings is 1. The second-order valence-electron chi connectivity index (χ2n) is 5.64. The molecule has 0 aliphatic carbocycles. The molecule has 2 aromatic carbocycles. The van der Waals surface area contributed by atoms with Crippen molar-refractivity contribution < 1.29 is 9.34 Å². The smallest absolute Gasteiger partial charge is 0.300 e. The van der Waals surface area contributed by atoms with E-state index in [0.717, 1.165) is 0 Å². The van der Waals surface area contributed by atoms with Crippen molar-refractivity contribution in [2.75, 3.05) is 10.6 Å². The summed E-state index contributed by atoms with van der Waals surface area (Å²) in [5.74, 6) is 0. The molecule has 0 aliphatic heterocycles. The van der Waals surface area contributed by atoms with E-state index in [1.54, 1.807) is 18.3 Å². The Labute approximate surface area is 150 Å². The van der Waals surface area contributed by atoms with Crippen molar-refractivity contribution in [3.63, 3.8) is 0 Å². The molecule has 0 radical (unpaired) electrons. The van der Waals surface area contributed by atoms with Gasteiger partial charge < -0.3 is 15.1 Å². The second-order valence-corrected chi connectivity index (χ2v) is 5.64. The summed E-state index contributed by atoms with van der Waals surface area (Å²) >= 11 is 0. The quantitative estimate of drug-likeness (QED) is 0.298. The van der Waals surface area contributed by atoms with E-state index in [1.807, 2.05) is 6.07 Å². The number of hydrogen-bond acceptors (Lipinski definition) is 9. The Kier molecular flexibility index (Phi) is 3.84. The molecular formula is C17H11N5O5. The molecule has 4 aromatic rings. The minimum atomic E-state index is -0.702. The van der Waals surface area contributed by atoms with Crippen LogP contribution in [-0.2, 0) is 6.54 Å². The van der Waals surface area contributed by atoms with Crippen LogP contribution in [0.2, 0.25) is 0 Å². The lowest BCUT2D eigenvalue weighted by molar-refractivity contribution is -0.384. The van der Waals surface area contributed by atoms with Gasteiger partial charge >= 0.3 is 0 Å². The molecule has 0 spiro atoms. The van der Waals surface area contributed by atoms with Crippen LogP contribution in [0.3, 0.4) is 0 Å². The number of benzene rings is 1. The molecule has 10 nitrogen and oxygen atoms in total. The zero-order valence-corrected chi connectivity index (χ0v) is 13.6. The van der Waals surface area contributed by atoms with E-state index >= 15 is 0 Å². The van der Waals surface area contributed by atoms with Crippen LogP contribution in [0, 0.1) is 10.1 Å². The van der Waals surface area contributed by atoms with E-state index < -0.39 is 15.8 Å². The van der Waals surface area contributed by atoms with Gasteiger partial charge in [-0.3, -0.25) is 24.7 Å². The molecule has 0 saturated carbocycles. The van der Waals surface area contributed by atoms with Gasteiger partial charge in [-0.15, -0.1) is 0 Å². The van der Waals surface area contributed by atoms with Crippen LogP contribution in [0.4, 0.5) is 23.1 Å². The Bertz CT molecular complexity index is 1220. The van der Waals surface area contributed by atoms with E-state index in [4.69, 9.17) is 4.42 Å². The van der Waals surface area contributed by atoms with Gasteiger partial charge in [-0.2, -0.15) is 4.98 Å². The Morgan fingerprint density at radius 2 is 1.93 bits per heavy atom. The highest BCUT2D eigenvalue weighted by molar-refractivity contribution is 5.81. The monoisotopic (exact) mass is 365 g/mol.